The van der Waals surface area contributed by atoms with Gasteiger partial charge in [0.25, 0.3) is 0 Å². The molecule has 2 heterocycles. The fourth-order valence-electron chi connectivity index (χ4n) is 2.59. The molecular formula is C16H27N5O. The standard InChI is InChI=1S/C16H27N5O/c1-16(2,3)19-14(22)12-7-6-10-21(11-12)15-17-9-8-13(18-15)20(4)5/h8-9,12H,6-7,10-11H2,1-5H3,(H,19,22). The van der Waals surface area contributed by atoms with Crippen molar-refractivity contribution in [3.8, 4) is 0 Å². The summed E-state index contributed by atoms with van der Waals surface area (Å²) in [4.78, 5) is 25.4. The smallest absolute Gasteiger partial charge is 0.227 e. The average Bonchev–Trinajstić information content (AvgIpc) is 2.46. The maximum atomic E-state index is 12.4. The second kappa shape index (κ2) is 6.50. The fourth-order valence-corrected chi connectivity index (χ4v) is 2.59. The summed E-state index contributed by atoms with van der Waals surface area (Å²) in [6.07, 6.45) is 3.68. The first-order valence-corrected chi connectivity index (χ1v) is 7.83. The van der Waals surface area contributed by atoms with Gasteiger partial charge in [0.2, 0.25) is 11.9 Å². The summed E-state index contributed by atoms with van der Waals surface area (Å²) in [6, 6.07) is 1.89. The van der Waals surface area contributed by atoms with Crippen molar-refractivity contribution in [2.75, 3.05) is 37.0 Å². The molecule has 0 spiro atoms. The number of nitrogens with zero attached hydrogens (tertiary/aromatic N) is 4. The van der Waals surface area contributed by atoms with Crippen LogP contribution < -0.4 is 15.1 Å². The molecule has 1 unspecified atom stereocenters. The third-order valence-electron chi connectivity index (χ3n) is 3.66. The van der Waals surface area contributed by atoms with E-state index in [-0.39, 0.29) is 17.4 Å². The Kier molecular flexibility index (Phi) is 4.88. The third-order valence-corrected chi connectivity index (χ3v) is 3.66. The van der Waals surface area contributed by atoms with E-state index in [0.717, 1.165) is 25.2 Å². The molecule has 1 atom stereocenters. The number of hydrogen-bond acceptors (Lipinski definition) is 5. The Morgan fingerprint density at radius 2 is 2.14 bits per heavy atom. The summed E-state index contributed by atoms with van der Waals surface area (Å²) in [5, 5.41) is 3.08. The van der Waals surface area contributed by atoms with Crippen LogP contribution in [0.1, 0.15) is 33.6 Å². The third kappa shape index (κ3) is 4.32. The molecule has 0 saturated carbocycles. The molecule has 0 aliphatic carbocycles. The Hall–Kier alpha value is -1.85. The van der Waals surface area contributed by atoms with Crippen LogP contribution in [0.25, 0.3) is 0 Å². The molecule has 1 N–H and O–H groups in total. The highest BCUT2D eigenvalue weighted by molar-refractivity contribution is 5.80. The molecule has 2 rings (SSSR count). The molecule has 1 aliphatic rings. The van der Waals surface area contributed by atoms with Crippen molar-refractivity contribution in [1.82, 2.24) is 15.3 Å². The quantitative estimate of drug-likeness (QED) is 0.920. The van der Waals surface area contributed by atoms with E-state index in [9.17, 15) is 4.79 Å². The highest BCUT2D eigenvalue weighted by Gasteiger charge is 2.29. The van der Waals surface area contributed by atoms with Crippen LogP contribution in [0.4, 0.5) is 11.8 Å². The number of nitrogens with one attached hydrogen (secondary N) is 1. The fraction of sp³-hybridized carbons (Fsp3) is 0.688. The summed E-state index contributed by atoms with van der Waals surface area (Å²) < 4.78 is 0. The van der Waals surface area contributed by atoms with E-state index in [4.69, 9.17) is 0 Å². The molecule has 0 radical (unpaired) electrons. The molecule has 22 heavy (non-hydrogen) atoms. The number of carbonyl (C=O) groups excluding carboxylic acids is 1. The van der Waals surface area contributed by atoms with Crippen molar-refractivity contribution in [2.24, 2.45) is 5.92 Å². The number of rotatable bonds is 3. The molecule has 1 aliphatic heterocycles. The van der Waals surface area contributed by atoms with Crippen LogP contribution >= 0.6 is 0 Å². The molecule has 6 nitrogen and oxygen atoms in total. The van der Waals surface area contributed by atoms with Gasteiger partial charge in [0, 0.05) is 38.9 Å². The van der Waals surface area contributed by atoms with E-state index < -0.39 is 0 Å². The van der Waals surface area contributed by atoms with Gasteiger partial charge in [-0.15, -0.1) is 0 Å². The van der Waals surface area contributed by atoms with Crippen molar-refractivity contribution in [3.63, 3.8) is 0 Å². The first kappa shape index (κ1) is 16.5. The number of anilines is 2. The van der Waals surface area contributed by atoms with E-state index in [1.54, 1.807) is 6.20 Å². The van der Waals surface area contributed by atoms with Crippen LogP contribution in [0.15, 0.2) is 12.3 Å². The normalized spacial score (nSPS) is 19.0. The van der Waals surface area contributed by atoms with E-state index in [0.29, 0.717) is 12.5 Å². The zero-order valence-electron chi connectivity index (χ0n) is 14.3. The summed E-state index contributed by atoms with van der Waals surface area (Å²) in [5.74, 6) is 1.71. The summed E-state index contributed by atoms with van der Waals surface area (Å²) in [7, 11) is 3.92. The van der Waals surface area contributed by atoms with Gasteiger partial charge in [-0.1, -0.05) is 0 Å². The molecule has 122 valence electrons. The Morgan fingerprint density at radius 3 is 2.77 bits per heavy atom. The summed E-state index contributed by atoms with van der Waals surface area (Å²) >= 11 is 0. The van der Waals surface area contributed by atoms with Gasteiger partial charge in [0.1, 0.15) is 5.82 Å². The molecule has 6 heteroatoms. The molecule has 1 aromatic rings. The Labute approximate surface area is 132 Å². The summed E-state index contributed by atoms with van der Waals surface area (Å²) in [5.41, 5.74) is -0.194. The minimum Gasteiger partial charge on any atom is -0.363 e. The highest BCUT2D eigenvalue weighted by Crippen LogP contribution is 2.22. The summed E-state index contributed by atoms with van der Waals surface area (Å²) in [6.45, 7) is 7.61. The van der Waals surface area contributed by atoms with E-state index in [1.807, 2.05) is 45.8 Å². The number of aromatic nitrogens is 2. The monoisotopic (exact) mass is 305 g/mol. The van der Waals surface area contributed by atoms with Gasteiger partial charge in [-0.05, 0) is 39.7 Å². The maximum Gasteiger partial charge on any atom is 0.227 e. The first-order valence-electron chi connectivity index (χ1n) is 7.83. The molecule has 0 bridgehead atoms. The van der Waals surface area contributed by atoms with Crippen molar-refractivity contribution in [1.29, 1.82) is 0 Å². The van der Waals surface area contributed by atoms with E-state index in [1.165, 1.54) is 0 Å². The number of amides is 1. The second-order valence-electron chi connectivity index (χ2n) is 7.13. The Bertz CT molecular complexity index is 524. The molecule has 0 aromatic carbocycles. The Morgan fingerprint density at radius 1 is 1.41 bits per heavy atom. The zero-order chi connectivity index (χ0) is 16.3. The largest absolute Gasteiger partial charge is 0.363 e. The van der Waals surface area contributed by atoms with E-state index in [2.05, 4.69) is 20.2 Å². The molecule has 1 amide bonds. The van der Waals surface area contributed by atoms with Gasteiger partial charge in [-0.25, -0.2) is 4.98 Å². The van der Waals surface area contributed by atoms with Crippen LogP contribution in [0, 0.1) is 5.92 Å². The van der Waals surface area contributed by atoms with Gasteiger partial charge in [-0.3, -0.25) is 4.79 Å². The van der Waals surface area contributed by atoms with Crippen molar-refractivity contribution >= 4 is 17.7 Å². The minimum atomic E-state index is -0.194. The molecule has 1 fully saturated rings. The molecule has 1 aromatic heterocycles. The highest BCUT2D eigenvalue weighted by atomic mass is 16.2. The van der Waals surface area contributed by atoms with Gasteiger partial charge < -0.3 is 15.1 Å². The lowest BCUT2D eigenvalue weighted by atomic mass is 9.96. The Balaban J connectivity index is 2.07. The molecular weight excluding hydrogens is 278 g/mol. The van der Waals surface area contributed by atoms with Gasteiger partial charge in [0.05, 0.1) is 5.92 Å². The van der Waals surface area contributed by atoms with E-state index >= 15 is 0 Å². The van der Waals surface area contributed by atoms with Crippen molar-refractivity contribution in [3.05, 3.63) is 12.3 Å². The topological polar surface area (TPSA) is 61.4 Å². The zero-order valence-corrected chi connectivity index (χ0v) is 14.3. The predicted molar refractivity (Wildman–Crippen MR) is 89.2 cm³/mol. The minimum absolute atomic E-state index is 0.000382. The second-order valence-corrected chi connectivity index (χ2v) is 7.13. The lowest BCUT2D eigenvalue weighted by Gasteiger charge is -2.34. The number of piperidine rings is 1. The van der Waals surface area contributed by atoms with Crippen molar-refractivity contribution < 1.29 is 4.79 Å². The van der Waals surface area contributed by atoms with Gasteiger partial charge in [-0.2, -0.15) is 4.98 Å². The van der Waals surface area contributed by atoms with Crippen LogP contribution in [0.5, 0.6) is 0 Å². The first-order chi connectivity index (χ1) is 10.3. The number of hydrogen-bond donors (Lipinski definition) is 1. The lowest BCUT2D eigenvalue weighted by Crippen LogP contribution is -2.49. The predicted octanol–water partition coefficient (Wildman–Crippen LogP) is 1.67. The molecule has 1 saturated heterocycles. The maximum absolute atomic E-state index is 12.4. The average molecular weight is 305 g/mol. The van der Waals surface area contributed by atoms with Crippen LogP contribution in [0.2, 0.25) is 0 Å². The van der Waals surface area contributed by atoms with Crippen LogP contribution in [-0.4, -0.2) is 48.6 Å². The van der Waals surface area contributed by atoms with Crippen LogP contribution in [-0.2, 0) is 4.79 Å². The van der Waals surface area contributed by atoms with Gasteiger partial charge in [0.15, 0.2) is 0 Å². The van der Waals surface area contributed by atoms with Crippen LogP contribution in [0.3, 0.4) is 0 Å². The van der Waals surface area contributed by atoms with Gasteiger partial charge >= 0.3 is 0 Å². The lowest BCUT2D eigenvalue weighted by molar-refractivity contribution is -0.126. The SMILES string of the molecule is CN(C)c1ccnc(N2CCCC(C(=O)NC(C)(C)C)C2)n1. The number of carbonyl (C=O) groups is 1. The van der Waals surface area contributed by atoms with Crippen molar-refractivity contribution in [2.45, 2.75) is 39.2 Å².